The second kappa shape index (κ2) is 3.98. The topological polar surface area (TPSA) is 60.3 Å². The van der Waals surface area contributed by atoms with Gasteiger partial charge in [-0.3, -0.25) is 0 Å². The average molecular weight is 229 g/mol. The zero-order valence-electron chi connectivity index (χ0n) is 10.1. The molecule has 0 bridgehead atoms. The van der Waals surface area contributed by atoms with Crippen LogP contribution in [0, 0.1) is 5.92 Å². The molecule has 2 saturated heterocycles. The Morgan fingerprint density at radius 3 is 2.56 bits per heavy atom. The molecule has 2 fully saturated rings. The van der Waals surface area contributed by atoms with Gasteiger partial charge in [0.15, 0.2) is 5.79 Å². The average Bonchev–Trinajstić information content (AvgIpc) is 2.69. The van der Waals surface area contributed by atoms with Crippen molar-refractivity contribution in [3.05, 3.63) is 0 Å². The first kappa shape index (κ1) is 11.8. The zero-order valence-corrected chi connectivity index (χ0v) is 10.1. The lowest BCUT2D eigenvalue weighted by Gasteiger charge is -2.20. The van der Waals surface area contributed by atoms with Gasteiger partial charge in [0.25, 0.3) is 0 Å². The van der Waals surface area contributed by atoms with E-state index in [2.05, 4.69) is 5.16 Å². The summed E-state index contributed by atoms with van der Waals surface area (Å²) in [7, 11) is 0. The normalized spacial score (nSPS) is 45.4. The molecule has 0 aromatic rings. The van der Waals surface area contributed by atoms with Crippen molar-refractivity contribution in [2.45, 2.75) is 51.8 Å². The van der Waals surface area contributed by atoms with E-state index in [1.165, 1.54) is 0 Å². The highest BCUT2D eigenvalue weighted by molar-refractivity contribution is 5.92. The van der Waals surface area contributed by atoms with Gasteiger partial charge in [-0.05, 0) is 20.8 Å². The fourth-order valence-corrected chi connectivity index (χ4v) is 2.21. The van der Waals surface area contributed by atoms with Gasteiger partial charge in [-0.1, -0.05) is 12.1 Å². The Bertz CT molecular complexity index is 302. The molecular formula is C11H19NO4. The van der Waals surface area contributed by atoms with Crippen LogP contribution in [0.1, 0.15) is 27.7 Å². The van der Waals surface area contributed by atoms with Crippen molar-refractivity contribution in [1.82, 2.24) is 0 Å². The molecule has 16 heavy (non-hydrogen) atoms. The van der Waals surface area contributed by atoms with E-state index >= 15 is 0 Å². The third-order valence-electron chi connectivity index (χ3n) is 3.31. The molecular weight excluding hydrogens is 210 g/mol. The van der Waals surface area contributed by atoms with Crippen LogP contribution < -0.4 is 0 Å². The highest BCUT2D eigenvalue weighted by Gasteiger charge is 2.46. The first-order valence-corrected chi connectivity index (χ1v) is 5.63. The minimum absolute atomic E-state index is 0.0446. The number of hydrogen-bond donors (Lipinski definition) is 1. The van der Waals surface area contributed by atoms with E-state index in [0.717, 1.165) is 0 Å². The lowest BCUT2D eigenvalue weighted by atomic mass is 9.98. The molecule has 4 unspecified atom stereocenters. The third kappa shape index (κ3) is 1.95. The van der Waals surface area contributed by atoms with Crippen LogP contribution in [0.3, 0.4) is 0 Å². The number of hydrogen-bond acceptors (Lipinski definition) is 5. The minimum atomic E-state index is -0.580. The Morgan fingerprint density at radius 1 is 1.38 bits per heavy atom. The zero-order chi connectivity index (χ0) is 11.9. The molecule has 0 aliphatic carbocycles. The summed E-state index contributed by atoms with van der Waals surface area (Å²) >= 11 is 0. The number of ether oxygens (including phenoxy) is 3. The largest absolute Gasteiger partial charge is 0.411 e. The van der Waals surface area contributed by atoms with Gasteiger partial charge in [0.1, 0.15) is 12.2 Å². The lowest BCUT2D eigenvalue weighted by molar-refractivity contribution is -0.150. The second-order valence-corrected chi connectivity index (χ2v) is 4.94. The van der Waals surface area contributed by atoms with E-state index in [1.807, 2.05) is 27.7 Å². The summed E-state index contributed by atoms with van der Waals surface area (Å²) in [4.78, 5) is 0. The maximum Gasteiger partial charge on any atom is 0.163 e. The van der Waals surface area contributed by atoms with Crippen LogP contribution >= 0.6 is 0 Å². The van der Waals surface area contributed by atoms with Crippen LogP contribution in [-0.2, 0) is 14.2 Å². The summed E-state index contributed by atoms with van der Waals surface area (Å²) in [5.41, 5.74) is 0.652. The van der Waals surface area contributed by atoms with E-state index in [-0.39, 0.29) is 24.2 Å². The molecule has 2 rings (SSSR count). The molecule has 5 heteroatoms. The van der Waals surface area contributed by atoms with Crippen LogP contribution in [0.5, 0.6) is 0 Å². The van der Waals surface area contributed by atoms with Crippen molar-refractivity contribution < 1.29 is 19.4 Å². The molecule has 0 spiro atoms. The third-order valence-corrected chi connectivity index (χ3v) is 3.31. The van der Waals surface area contributed by atoms with Crippen molar-refractivity contribution in [2.75, 3.05) is 6.61 Å². The van der Waals surface area contributed by atoms with Crippen LogP contribution in [0.4, 0.5) is 0 Å². The Hall–Kier alpha value is -0.650. The van der Waals surface area contributed by atoms with Gasteiger partial charge in [0.05, 0.1) is 18.4 Å². The summed E-state index contributed by atoms with van der Waals surface area (Å²) in [6.07, 6.45) is -0.437. The maximum atomic E-state index is 9.03. The lowest BCUT2D eigenvalue weighted by Crippen LogP contribution is -2.36. The predicted molar refractivity (Wildman–Crippen MR) is 57.6 cm³/mol. The number of nitrogens with zero attached hydrogens (tertiary/aromatic N) is 1. The van der Waals surface area contributed by atoms with E-state index < -0.39 is 5.79 Å². The van der Waals surface area contributed by atoms with Crippen molar-refractivity contribution in [3.8, 4) is 0 Å². The molecule has 0 saturated carbocycles. The highest BCUT2D eigenvalue weighted by atomic mass is 16.7. The Balaban J connectivity index is 2.11. The van der Waals surface area contributed by atoms with Gasteiger partial charge in [0.2, 0.25) is 0 Å². The Morgan fingerprint density at radius 2 is 2.06 bits per heavy atom. The molecule has 2 heterocycles. The molecule has 2 aliphatic heterocycles. The predicted octanol–water partition coefficient (Wildman–Crippen LogP) is 1.39. The van der Waals surface area contributed by atoms with Crippen molar-refractivity contribution in [1.29, 1.82) is 0 Å². The van der Waals surface area contributed by atoms with Crippen LogP contribution in [0.2, 0.25) is 0 Å². The SMILES string of the molecule is CC1OC(C2COC(C)(C)O2)/C(=N/O)C1C. The monoisotopic (exact) mass is 229 g/mol. The van der Waals surface area contributed by atoms with Gasteiger partial charge < -0.3 is 19.4 Å². The van der Waals surface area contributed by atoms with Gasteiger partial charge >= 0.3 is 0 Å². The van der Waals surface area contributed by atoms with Gasteiger partial charge in [0, 0.05) is 5.92 Å². The minimum Gasteiger partial charge on any atom is -0.411 e. The molecule has 0 radical (unpaired) electrons. The molecule has 0 aromatic heterocycles. The van der Waals surface area contributed by atoms with E-state index in [0.29, 0.717) is 12.3 Å². The molecule has 92 valence electrons. The summed E-state index contributed by atoms with van der Waals surface area (Å²) in [5, 5.41) is 12.4. The highest BCUT2D eigenvalue weighted by Crippen LogP contribution is 2.32. The molecule has 1 N–H and O–H groups in total. The van der Waals surface area contributed by atoms with Crippen molar-refractivity contribution in [3.63, 3.8) is 0 Å². The van der Waals surface area contributed by atoms with E-state index in [1.54, 1.807) is 0 Å². The summed E-state index contributed by atoms with van der Waals surface area (Å²) in [5.74, 6) is -0.466. The van der Waals surface area contributed by atoms with E-state index in [4.69, 9.17) is 19.4 Å². The molecule has 5 nitrogen and oxygen atoms in total. The Labute approximate surface area is 95.4 Å². The number of oxime groups is 1. The summed E-state index contributed by atoms with van der Waals surface area (Å²) < 4.78 is 17.0. The molecule has 4 atom stereocenters. The summed E-state index contributed by atoms with van der Waals surface area (Å²) in [6.45, 7) is 8.16. The van der Waals surface area contributed by atoms with Crippen molar-refractivity contribution >= 4 is 5.71 Å². The maximum absolute atomic E-state index is 9.03. The first-order chi connectivity index (χ1) is 7.44. The van der Waals surface area contributed by atoms with E-state index in [9.17, 15) is 0 Å². The van der Waals surface area contributed by atoms with Gasteiger partial charge in [-0.25, -0.2) is 0 Å². The standard InChI is InChI=1S/C11H19NO4/c1-6-7(2)15-10(9(6)12-13)8-5-14-11(3,4)16-8/h6-8,10,13H,5H2,1-4H3/b12-9+. The Kier molecular flexibility index (Phi) is 2.94. The fraction of sp³-hybridized carbons (Fsp3) is 0.909. The molecule has 0 amide bonds. The van der Waals surface area contributed by atoms with Gasteiger partial charge in [-0.2, -0.15) is 0 Å². The van der Waals surface area contributed by atoms with Crippen LogP contribution in [0.15, 0.2) is 5.16 Å². The smallest absolute Gasteiger partial charge is 0.163 e. The van der Waals surface area contributed by atoms with Gasteiger partial charge in [-0.15, -0.1) is 0 Å². The van der Waals surface area contributed by atoms with Crippen LogP contribution in [-0.4, -0.2) is 41.6 Å². The fourth-order valence-electron chi connectivity index (χ4n) is 2.21. The summed E-state index contributed by atoms with van der Waals surface area (Å²) in [6, 6.07) is 0. The second-order valence-electron chi connectivity index (χ2n) is 4.94. The van der Waals surface area contributed by atoms with Crippen LogP contribution in [0.25, 0.3) is 0 Å². The van der Waals surface area contributed by atoms with Crippen molar-refractivity contribution in [2.24, 2.45) is 11.1 Å². The first-order valence-electron chi connectivity index (χ1n) is 5.63. The molecule has 2 aliphatic rings. The quantitative estimate of drug-likeness (QED) is 0.545. The molecule has 0 aromatic carbocycles. The number of rotatable bonds is 1.